The van der Waals surface area contributed by atoms with Gasteiger partial charge in [0.05, 0.1) is 12.1 Å². The minimum absolute atomic E-state index is 0.138. The van der Waals surface area contributed by atoms with E-state index in [0.29, 0.717) is 12.0 Å². The van der Waals surface area contributed by atoms with Gasteiger partial charge in [0.1, 0.15) is 6.04 Å². The fraction of sp³-hybridized carbons (Fsp3) is 0.438. The van der Waals surface area contributed by atoms with Crippen LogP contribution in [0.5, 0.6) is 0 Å². The second-order valence-electron chi connectivity index (χ2n) is 5.47. The molecule has 0 saturated carbocycles. The van der Waals surface area contributed by atoms with Crippen LogP contribution in [0.1, 0.15) is 30.6 Å². The molecular formula is C16H22N2O4S. The number of hydrogen-bond donors (Lipinski definition) is 3. The molecule has 23 heavy (non-hydrogen) atoms. The zero-order valence-corrected chi connectivity index (χ0v) is 14.3. The van der Waals surface area contributed by atoms with Crippen LogP contribution in [-0.4, -0.2) is 41.7 Å². The number of thioether (sulfide) groups is 1. The normalized spacial score (nSPS) is 11.8. The van der Waals surface area contributed by atoms with Crippen molar-refractivity contribution in [2.24, 2.45) is 5.92 Å². The first-order chi connectivity index (χ1) is 10.8. The summed E-state index contributed by atoms with van der Waals surface area (Å²) in [4.78, 5) is 35.9. The van der Waals surface area contributed by atoms with Crippen molar-refractivity contribution >= 4 is 29.5 Å². The number of benzene rings is 1. The molecule has 0 spiro atoms. The van der Waals surface area contributed by atoms with E-state index in [1.54, 1.807) is 12.1 Å². The molecule has 0 aliphatic heterocycles. The summed E-state index contributed by atoms with van der Waals surface area (Å²) in [5.74, 6) is -1.82. The van der Waals surface area contributed by atoms with E-state index < -0.39 is 17.9 Å². The highest BCUT2D eigenvalue weighted by atomic mass is 32.2. The number of nitrogens with one attached hydrogen (secondary N) is 2. The predicted octanol–water partition coefficient (Wildman–Crippen LogP) is 1.75. The van der Waals surface area contributed by atoms with Crippen LogP contribution < -0.4 is 10.6 Å². The molecule has 1 aromatic carbocycles. The third-order valence-electron chi connectivity index (χ3n) is 3.10. The first-order valence-electron chi connectivity index (χ1n) is 7.28. The number of carbonyl (C=O) groups is 3. The number of aliphatic carboxylic acids is 1. The van der Waals surface area contributed by atoms with Gasteiger partial charge in [-0.15, -0.1) is 11.8 Å². The van der Waals surface area contributed by atoms with Gasteiger partial charge in [0, 0.05) is 4.90 Å². The Hall–Kier alpha value is -2.02. The van der Waals surface area contributed by atoms with Gasteiger partial charge in [0.25, 0.3) is 5.91 Å². The molecule has 3 N–H and O–H groups in total. The number of hydrogen-bond acceptors (Lipinski definition) is 4. The van der Waals surface area contributed by atoms with Crippen LogP contribution in [0.3, 0.4) is 0 Å². The van der Waals surface area contributed by atoms with Crippen molar-refractivity contribution in [1.29, 1.82) is 0 Å². The first kappa shape index (κ1) is 19.0. The van der Waals surface area contributed by atoms with Crippen LogP contribution in [0, 0.1) is 5.92 Å². The van der Waals surface area contributed by atoms with Crippen molar-refractivity contribution in [2.45, 2.75) is 31.2 Å². The van der Waals surface area contributed by atoms with E-state index in [0.717, 1.165) is 4.90 Å². The van der Waals surface area contributed by atoms with Gasteiger partial charge in [-0.05, 0) is 30.7 Å². The van der Waals surface area contributed by atoms with E-state index in [1.807, 2.05) is 32.2 Å². The van der Waals surface area contributed by atoms with Crippen LogP contribution in [0.15, 0.2) is 29.2 Å². The molecule has 126 valence electrons. The summed E-state index contributed by atoms with van der Waals surface area (Å²) in [5.41, 5.74) is 0.491. The van der Waals surface area contributed by atoms with Crippen molar-refractivity contribution in [3.8, 4) is 0 Å². The lowest BCUT2D eigenvalue weighted by molar-refractivity contribution is -0.142. The zero-order valence-electron chi connectivity index (χ0n) is 13.5. The first-order valence-corrected chi connectivity index (χ1v) is 8.51. The highest BCUT2D eigenvalue weighted by molar-refractivity contribution is 7.98. The van der Waals surface area contributed by atoms with Crippen molar-refractivity contribution in [2.75, 3.05) is 12.8 Å². The van der Waals surface area contributed by atoms with Gasteiger partial charge < -0.3 is 15.7 Å². The lowest BCUT2D eigenvalue weighted by Gasteiger charge is -2.16. The molecular weight excluding hydrogens is 316 g/mol. The number of carboxylic acids is 1. The largest absolute Gasteiger partial charge is 0.480 e. The smallest absolute Gasteiger partial charge is 0.326 e. The molecule has 6 nitrogen and oxygen atoms in total. The van der Waals surface area contributed by atoms with Crippen molar-refractivity contribution in [1.82, 2.24) is 10.6 Å². The SMILES string of the molecule is CSc1ccccc1C(=O)NCC(=O)N[C@@H](CC(C)C)C(=O)O. The Bertz CT molecular complexity index is 575. The molecule has 7 heteroatoms. The Labute approximate surface area is 140 Å². The molecule has 0 aliphatic rings. The maximum atomic E-state index is 12.1. The van der Waals surface area contributed by atoms with E-state index in [2.05, 4.69) is 10.6 Å². The number of rotatable bonds is 8. The van der Waals surface area contributed by atoms with Crippen LogP contribution in [0.25, 0.3) is 0 Å². The topological polar surface area (TPSA) is 95.5 Å². The Balaban J connectivity index is 2.58. The molecule has 0 aromatic heterocycles. The lowest BCUT2D eigenvalue weighted by Crippen LogP contribution is -2.46. The van der Waals surface area contributed by atoms with Crippen LogP contribution >= 0.6 is 11.8 Å². The highest BCUT2D eigenvalue weighted by Crippen LogP contribution is 2.19. The van der Waals surface area contributed by atoms with Crippen LogP contribution in [0.4, 0.5) is 0 Å². The van der Waals surface area contributed by atoms with Gasteiger partial charge >= 0.3 is 5.97 Å². The molecule has 0 heterocycles. The van der Waals surface area contributed by atoms with Gasteiger partial charge in [-0.25, -0.2) is 4.79 Å². The van der Waals surface area contributed by atoms with Gasteiger partial charge in [-0.3, -0.25) is 9.59 Å². The van der Waals surface area contributed by atoms with Gasteiger partial charge in [-0.2, -0.15) is 0 Å². The molecule has 1 atom stereocenters. The predicted molar refractivity (Wildman–Crippen MR) is 89.6 cm³/mol. The lowest BCUT2D eigenvalue weighted by atomic mass is 10.0. The van der Waals surface area contributed by atoms with Crippen molar-refractivity contribution < 1.29 is 19.5 Å². The van der Waals surface area contributed by atoms with Gasteiger partial charge in [0.15, 0.2) is 0 Å². The quantitative estimate of drug-likeness (QED) is 0.628. The van der Waals surface area contributed by atoms with Crippen LogP contribution in [0.2, 0.25) is 0 Å². The minimum Gasteiger partial charge on any atom is -0.480 e. The fourth-order valence-corrected chi connectivity index (χ4v) is 2.62. The molecule has 1 rings (SSSR count). The average Bonchev–Trinajstić information content (AvgIpc) is 2.51. The molecule has 2 amide bonds. The molecule has 1 aromatic rings. The third kappa shape index (κ3) is 6.32. The molecule has 0 fully saturated rings. The van der Waals surface area contributed by atoms with Crippen molar-refractivity contribution in [3.05, 3.63) is 29.8 Å². The van der Waals surface area contributed by atoms with E-state index in [-0.39, 0.29) is 18.4 Å². The minimum atomic E-state index is -1.08. The van der Waals surface area contributed by atoms with Gasteiger partial charge in [-0.1, -0.05) is 26.0 Å². The average molecular weight is 338 g/mol. The summed E-state index contributed by atoms with van der Waals surface area (Å²) in [5, 5.41) is 14.0. The number of carboxylic acid groups (broad SMARTS) is 1. The molecule has 0 bridgehead atoms. The summed E-state index contributed by atoms with van der Waals surface area (Å²) in [6.07, 6.45) is 2.20. The number of amides is 2. The second kappa shape index (κ2) is 9.19. The summed E-state index contributed by atoms with van der Waals surface area (Å²) < 4.78 is 0. The summed E-state index contributed by atoms with van der Waals surface area (Å²) in [6, 6.07) is 6.13. The van der Waals surface area contributed by atoms with E-state index in [1.165, 1.54) is 11.8 Å². The molecule has 0 radical (unpaired) electrons. The zero-order chi connectivity index (χ0) is 17.4. The monoisotopic (exact) mass is 338 g/mol. The van der Waals surface area contributed by atoms with E-state index in [4.69, 9.17) is 5.11 Å². The van der Waals surface area contributed by atoms with Crippen molar-refractivity contribution in [3.63, 3.8) is 0 Å². The second-order valence-corrected chi connectivity index (χ2v) is 6.32. The summed E-state index contributed by atoms with van der Waals surface area (Å²) >= 11 is 1.44. The Kier molecular flexibility index (Phi) is 7.61. The van der Waals surface area contributed by atoms with Gasteiger partial charge in [0.2, 0.25) is 5.91 Å². The molecule has 0 saturated heterocycles. The Morgan fingerprint density at radius 1 is 1.22 bits per heavy atom. The standard InChI is InChI=1S/C16H22N2O4S/c1-10(2)8-12(16(21)22)18-14(19)9-17-15(20)11-6-4-5-7-13(11)23-3/h4-7,10,12H,8-9H2,1-3H3,(H,17,20)(H,18,19)(H,21,22)/t12-/m0/s1. The Morgan fingerprint density at radius 2 is 1.87 bits per heavy atom. The number of carbonyl (C=O) groups excluding carboxylic acids is 2. The molecule has 0 aliphatic carbocycles. The summed E-state index contributed by atoms with van der Waals surface area (Å²) in [6.45, 7) is 3.50. The van der Waals surface area contributed by atoms with E-state index in [9.17, 15) is 14.4 Å². The highest BCUT2D eigenvalue weighted by Gasteiger charge is 2.21. The van der Waals surface area contributed by atoms with E-state index >= 15 is 0 Å². The fourth-order valence-electron chi connectivity index (χ4n) is 2.03. The maximum absolute atomic E-state index is 12.1. The summed E-state index contributed by atoms with van der Waals surface area (Å²) in [7, 11) is 0. The maximum Gasteiger partial charge on any atom is 0.326 e. The third-order valence-corrected chi connectivity index (χ3v) is 3.90. The van der Waals surface area contributed by atoms with Crippen LogP contribution in [-0.2, 0) is 9.59 Å². The molecule has 0 unspecified atom stereocenters. The Morgan fingerprint density at radius 3 is 2.43 bits per heavy atom.